The van der Waals surface area contributed by atoms with Gasteiger partial charge in [0, 0.05) is 60.3 Å². The number of hydrogen-bond acceptors (Lipinski definition) is 12. The van der Waals surface area contributed by atoms with E-state index in [4.69, 9.17) is 0 Å². The maximum atomic E-state index is 13.3. The number of rotatable bonds is 18. The number of halogens is 18. The Balaban J connectivity index is 1.23. The Morgan fingerprint density at radius 3 is 0.611 bits per heavy atom. The maximum Gasteiger partial charge on any atom is 0.573 e. The summed E-state index contributed by atoms with van der Waals surface area (Å²) in [7, 11) is 0. The van der Waals surface area contributed by atoms with Gasteiger partial charge in [-0.3, -0.25) is 0 Å². The van der Waals surface area contributed by atoms with Gasteiger partial charge in [0.25, 0.3) is 0 Å². The first kappa shape index (κ1) is 65.8. The second-order valence-electron chi connectivity index (χ2n) is 18.5. The van der Waals surface area contributed by atoms with Gasteiger partial charge in [-0.15, -0.1) is 79.0 Å². The molecular weight excluding hydrogens is 1350 g/mol. The zero-order valence-corrected chi connectivity index (χ0v) is 49.2. The summed E-state index contributed by atoms with van der Waals surface area (Å²) in [5.41, 5.74) is 0. The molecule has 30 heteroatoms. The van der Waals surface area contributed by atoms with Gasteiger partial charge in [-0.1, -0.05) is 76.6 Å². The molecule has 1 aliphatic rings. The van der Waals surface area contributed by atoms with Crippen molar-refractivity contribution in [2.24, 2.45) is 0 Å². The summed E-state index contributed by atoms with van der Waals surface area (Å²) in [5.74, 6) is -3.07. The van der Waals surface area contributed by atoms with Crippen LogP contribution in [0.3, 0.4) is 0 Å². The van der Waals surface area contributed by atoms with Gasteiger partial charge in [0.2, 0.25) is 0 Å². The van der Waals surface area contributed by atoms with E-state index in [1.807, 2.05) is 0 Å². The highest BCUT2D eigenvalue weighted by molar-refractivity contribution is 8.05. The fourth-order valence-corrected chi connectivity index (χ4v) is 14.7. The molecule has 0 aromatic heterocycles. The molecule has 6 nitrogen and oxygen atoms in total. The van der Waals surface area contributed by atoms with Crippen LogP contribution >= 0.6 is 70.6 Å². The van der Waals surface area contributed by atoms with Gasteiger partial charge >= 0.3 is 38.2 Å². The minimum atomic E-state index is -5.03. The normalized spacial score (nSPS) is 13.5. The van der Waals surface area contributed by atoms with Gasteiger partial charge in [0.15, 0.2) is 0 Å². The molecule has 0 unspecified atom stereocenters. The van der Waals surface area contributed by atoms with Gasteiger partial charge in [-0.2, -0.15) is 0 Å². The third-order valence-corrected chi connectivity index (χ3v) is 19.0. The van der Waals surface area contributed by atoms with Crippen molar-refractivity contribution in [3.05, 3.63) is 181 Å². The van der Waals surface area contributed by atoms with Crippen LogP contribution in [0.4, 0.5) is 79.0 Å². The van der Waals surface area contributed by atoms with E-state index in [1.165, 1.54) is 72.8 Å². The van der Waals surface area contributed by atoms with E-state index in [0.29, 0.717) is 91.1 Å². The van der Waals surface area contributed by atoms with E-state index in [2.05, 4.69) is 28.4 Å². The molecule has 9 aromatic carbocycles. The Morgan fingerprint density at radius 2 is 0.433 bits per heavy atom. The minimum absolute atomic E-state index is 0.0416. The van der Waals surface area contributed by atoms with Crippen LogP contribution in [0, 0.1) is 0 Å². The summed E-state index contributed by atoms with van der Waals surface area (Å²) in [4.78, 5) is 5.08. The number of ether oxygens (including phenoxy) is 6. The van der Waals surface area contributed by atoms with Gasteiger partial charge in [0.05, 0.1) is 0 Å². The predicted octanol–water partition coefficient (Wildman–Crippen LogP) is 23.6. The molecule has 0 amide bonds. The van der Waals surface area contributed by atoms with E-state index in [-0.39, 0.29) is 18.6 Å². The van der Waals surface area contributed by atoms with Crippen LogP contribution in [0.2, 0.25) is 0 Å². The van der Waals surface area contributed by atoms with Crippen molar-refractivity contribution in [3.8, 4) is 28.7 Å². The van der Waals surface area contributed by atoms with Crippen LogP contribution in [0.25, 0.3) is 32.3 Å². The van der Waals surface area contributed by atoms with Crippen LogP contribution in [-0.4, -0.2) is 38.2 Å². The number of fused-ring (bicyclic) bond motifs is 6. The SMILES string of the molecule is FC(F)(F)OC1=CCC(Sc2cc3c(cc2Sc2ccc(OC(F)(F)F)cc2)c2cc(Sc4ccc(OC(F)(F)F)cc4)c(Sc4ccc(OC(F)(F)F)cc4)cc2c2cc(Sc4ccc(OC(F)(F)F)cc4)c(Sc4ccc(OC(F)(F)F)cc4)cc32)=CC1. The Morgan fingerprint density at radius 1 is 0.233 bits per heavy atom. The minimum Gasteiger partial charge on any atom is -0.410 e. The summed E-state index contributed by atoms with van der Waals surface area (Å²) in [6.45, 7) is 0. The molecule has 0 spiro atoms. The van der Waals surface area contributed by atoms with Crippen LogP contribution in [0.5, 0.6) is 28.7 Å². The van der Waals surface area contributed by atoms with E-state index < -0.39 is 66.9 Å². The fraction of sp³-hybridized carbons (Fsp3) is 0.133. The molecular formula is C60H32F18O6S6. The maximum absolute atomic E-state index is 13.3. The zero-order chi connectivity index (χ0) is 64.6. The number of allylic oxidation sites excluding steroid dienone is 3. The van der Waals surface area contributed by atoms with Crippen molar-refractivity contribution in [1.82, 2.24) is 0 Å². The molecule has 0 heterocycles. The topological polar surface area (TPSA) is 55.4 Å². The van der Waals surface area contributed by atoms with Crippen LogP contribution in [0.1, 0.15) is 12.8 Å². The Kier molecular flexibility index (Phi) is 19.2. The highest BCUT2D eigenvalue weighted by Crippen LogP contribution is 2.52. The summed E-state index contributed by atoms with van der Waals surface area (Å²) < 4.78 is 264. The predicted molar refractivity (Wildman–Crippen MR) is 304 cm³/mol. The summed E-state index contributed by atoms with van der Waals surface area (Å²) in [6, 6.07) is 34.9. The molecule has 90 heavy (non-hydrogen) atoms. The second-order valence-corrected chi connectivity index (χ2v) is 25.3. The first-order chi connectivity index (χ1) is 42.2. The average Bonchev–Trinajstić information content (AvgIpc) is 0.726. The molecule has 0 bridgehead atoms. The second kappa shape index (κ2) is 26.2. The van der Waals surface area contributed by atoms with Crippen molar-refractivity contribution in [2.45, 2.75) is 105 Å². The van der Waals surface area contributed by atoms with E-state index >= 15 is 0 Å². The lowest BCUT2D eigenvalue weighted by atomic mass is 9.94. The monoisotopic (exact) mass is 1380 g/mol. The third-order valence-electron chi connectivity index (χ3n) is 12.1. The van der Waals surface area contributed by atoms with E-state index in [1.54, 1.807) is 36.4 Å². The largest absolute Gasteiger partial charge is 0.573 e. The zero-order valence-electron chi connectivity index (χ0n) is 44.3. The standard InChI is InChI=1S/C60H32F18O6S6/c61-55(62,63)79-31-1-13-37(14-2-31)85-49-25-43-44(26-50(49)86-38-15-3-32(4-16-38)80-56(64,65)66)46-28-52(88-40-19-7-34(8-20-40)82-58(70,71)72)54(90-42-23-11-36(12-24-42)84-60(76,77)78)30-48(46)47-29-53(89-41-21-9-35(10-22-41)83-59(73,74)75)51(27-45(43)47)87-39-17-5-33(6-18-39)81-57(67,68)69/h1-11,13-22,24-30H,12,23H2. The lowest BCUT2D eigenvalue weighted by molar-refractivity contribution is -0.306. The van der Waals surface area contributed by atoms with Crippen LogP contribution in [0.15, 0.2) is 234 Å². The van der Waals surface area contributed by atoms with Gasteiger partial charge in [0.1, 0.15) is 34.5 Å². The molecule has 0 atom stereocenters. The number of hydrogen-bond donors (Lipinski definition) is 0. The molecule has 0 saturated heterocycles. The Hall–Kier alpha value is -7.12. The van der Waals surface area contributed by atoms with E-state index in [0.717, 1.165) is 131 Å². The highest BCUT2D eigenvalue weighted by atomic mass is 32.2. The number of benzene rings is 9. The van der Waals surface area contributed by atoms with Crippen LogP contribution < -0.4 is 23.7 Å². The van der Waals surface area contributed by atoms with Crippen molar-refractivity contribution < 1.29 is 107 Å². The smallest absolute Gasteiger partial charge is 0.410 e. The lowest BCUT2D eigenvalue weighted by Gasteiger charge is -2.21. The molecule has 470 valence electrons. The fourth-order valence-electron chi connectivity index (χ4n) is 8.73. The van der Waals surface area contributed by atoms with Gasteiger partial charge < -0.3 is 28.4 Å². The van der Waals surface area contributed by atoms with Crippen molar-refractivity contribution in [1.29, 1.82) is 0 Å². The summed E-state index contributed by atoms with van der Waals surface area (Å²) in [5, 5.41) is 2.86. The Labute approximate surface area is 521 Å². The highest BCUT2D eigenvalue weighted by Gasteiger charge is 2.36. The summed E-state index contributed by atoms with van der Waals surface area (Å²) in [6.07, 6.45) is -27.7. The average molecular weight is 1380 g/mol. The van der Waals surface area contributed by atoms with Gasteiger partial charge in [-0.05, 0) is 207 Å². The number of thioether (sulfide) groups is 1. The van der Waals surface area contributed by atoms with Crippen molar-refractivity contribution >= 4 is 103 Å². The molecule has 10 rings (SSSR count). The van der Waals surface area contributed by atoms with E-state index in [9.17, 15) is 79.0 Å². The molecule has 9 aromatic rings. The molecule has 1 aliphatic carbocycles. The molecule has 0 aliphatic heterocycles. The van der Waals surface area contributed by atoms with Gasteiger partial charge in [-0.25, -0.2) is 0 Å². The van der Waals surface area contributed by atoms with Crippen LogP contribution in [-0.2, 0) is 4.74 Å². The molecule has 0 radical (unpaired) electrons. The molecule has 0 saturated carbocycles. The third kappa shape index (κ3) is 18.5. The molecule has 0 N–H and O–H groups in total. The van der Waals surface area contributed by atoms with Crippen molar-refractivity contribution in [3.63, 3.8) is 0 Å². The Bertz CT molecular complexity index is 4040. The first-order valence-corrected chi connectivity index (χ1v) is 30.1. The summed E-state index contributed by atoms with van der Waals surface area (Å²) >= 11 is 6.54. The van der Waals surface area contributed by atoms with Crippen molar-refractivity contribution in [2.75, 3.05) is 0 Å². The number of alkyl halides is 18. The quantitative estimate of drug-likeness (QED) is 0.0607. The first-order valence-electron chi connectivity index (χ1n) is 25.2. The molecule has 0 fully saturated rings. The lowest BCUT2D eigenvalue weighted by Crippen LogP contribution is -2.16.